The van der Waals surface area contributed by atoms with Crippen LogP contribution in [0.25, 0.3) is 0 Å². The standard InChI is InChI=1S/C11H16BOSi/c1-14(2)12-9-11(13)8-10-6-4-3-5-7-10/h3-7,14H,8-9H2,1-2H3. The molecule has 0 heterocycles. The third-order valence-electron chi connectivity index (χ3n) is 2.06. The van der Waals surface area contributed by atoms with Crippen molar-refractivity contribution in [1.82, 2.24) is 0 Å². The first kappa shape index (κ1) is 11.2. The molecule has 1 rings (SSSR count). The van der Waals surface area contributed by atoms with Gasteiger partial charge in [0.1, 0.15) is 12.7 Å². The molecule has 0 aliphatic carbocycles. The van der Waals surface area contributed by atoms with E-state index in [-0.39, 0.29) is 0 Å². The Labute approximate surface area is 88.3 Å². The van der Waals surface area contributed by atoms with E-state index in [0.29, 0.717) is 18.5 Å². The third kappa shape index (κ3) is 4.42. The van der Waals surface area contributed by atoms with E-state index in [0.717, 1.165) is 5.56 Å². The molecule has 0 N–H and O–H groups in total. The Morgan fingerprint density at radius 1 is 1.29 bits per heavy atom. The molecule has 73 valence electrons. The molecule has 0 aliphatic rings. The van der Waals surface area contributed by atoms with Gasteiger partial charge in [-0.3, -0.25) is 0 Å². The molecule has 0 amide bonds. The van der Waals surface area contributed by atoms with E-state index in [1.165, 1.54) is 0 Å². The van der Waals surface area contributed by atoms with E-state index < -0.39 is 8.67 Å². The Bertz CT molecular complexity index is 285. The molecular weight excluding hydrogens is 187 g/mol. The number of hydrogen-bond acceptors (Lipinski definition) is 1. The maximum atomic E-state index is 11.5. The average Bonchev–Trinajstić information content (AvgIpc) is 2.16. The van der Waals surface area contributed by atoms with Crippen molar-refractivity contribution in [1.29, 1.82) is 0 Å². The zero-order chi connectivity index (χ0) is 10.4. The maximum absolute atomic E-state index is 11.5. The monoisotopic (exact) mass is 203 g/mol. The SMILES string of the molecule is C[SiH](C)[B]CC(=O)Cc1ccccc1. The molecule has 0 atom stereocenters. The van der Waals surface area contributed by atoms with Crippen molar-refractivity contribution in [3.63, 3.8) is 0 Å². The summed E-state index contributed by atoms with van der Waals surface area (Å²) in [4.78, 5) is 11.5. The van der Waals surface area contributed by atoms with Crippen LogP contribution in [-0.4, -0.2) is 21.3 Å². The highest BCUT2D eigenvalue weighted by Gasteiger charge is 2.06. The molecule has 0 saturated carbocycles. The summed E-state index contributed by atoms with van der Waals surface area (Å²) < 4.78 is 0. The molecule has 1 radical (unpaired) electrons. The van der Waals surface area contributed by atoms with Crippen LogP contribution in [0.2, 0.25) is 19.4 Å². The van der Waals surface area contributed by atoms with E-state index >= 15 is 0 Å². The van der Waals surface area contributed by atoms with E-state index in [2.05, 4.69) is 20.0 Å². The van der Waals surface area contributed by atoms with Crippen molar-refractivity contribution < 1.29 is 4.79 Å². The average molecular weight is 203 g/mol. The fourth-order valence-corrected chi connectivity index (χ4v) is 2.00. The fourth-order valence-electron chi connectivity index (χ4n) is 1.26. The second-order valence-corrected chi connectivity index (χ2v) is 6.84. The van der Waals surface area contributed by atoms with Crippen LogP contribution in [0.4, 0.5) is 0 Å². The summed E-state index contributed by atoms with van der Waals surface area (Å²) in [5.74, 6) is 0.331. The zero-order valence-electron chi connectivity index (χ0n) is 8.86. The number of carbonyl (C=O) groups excluding carboxylic acids is 1. The van der Waals surface area contributed by atoms with Gasteiger partial charge in [-0.25, -0.2) is 0 Å². The summed E-state index contributed by atoms with van der Waals surface area (Å²) in [5, 5.41) is 0. The van der Waals surface area contributed by atoms with Crippen molar-refractivity contribution in [2.24, 2.45) is 0 Å². The van der Waals surface area contributed by atoms with Gasteiger partial charge in [0.05, 0.1) is 0 Å². The van der Waals surface area contributed by atoms with Gasteiger partial charge in [0.25, 0.3) is 0 Å². The molecule has 0 bridgehead atoms. The number of Topliss-reactive ketones (excluding diaryl/α,β-unsaturated/α-hetero) is 1. The molecule has 0 fully saturated rings. The highest BCUT2D eigenvalue weighted by molar-refractivity contribution is 7.12. The van der Waals surface area contributed by atoms with Crippen LogP contribution in [0.1, 0.15) is 5.56 Å². The van der Waals surface area contributed by atoms with Gasteiger partial charge in [-0.05, 0) is 20.6 Å². The van der Waals surface area contributed by atoms with Gasteiger partial charge in [0, 0.05) is 6.42 Å². The second kappa shape index (κ2) is 5.81. The molecule has 0 spiro atoms. The van der Waals surface area contributed by atoms with Crippen LogP contribution < -0.4 is 0 Å². The first-order valence-electron chi connectivity index (χ1n) is 5.07. The molecule has 14 heavy (non-hydrogen) atoms. The lowest BCUT2D eigenvalue weighted by molar-refractivity contribution is -0.116. The Kier molecular flexibility index (Phi) is 4.67. The largest absolute Gasteiger partial charge is 0.300 e. The second-order valence-electron chi connectivity index (χ2n) is 3.88. The summed E-state index contributed by atoms with van der Waals surface area (Å²) in [5.41, 5.74) is 1.12. The Morgan fingerprint density at radius 3 is 2.50 bits per heavy atom. The Morgan fingerprint density at radius 2 is 1.93 bits per heavy atom. The molecule has 0 aromatic heterocycles. The minimum absolute atomic E-state index is 0.331. The number of benzene rings is 1. The lowest BCUT2D eigenvalue weighted by atomic mass is 9.94. The Hall–Kier alpha value is -0.828. The van der Waals surface area contributed by atoms with Crippen LogP contribution in [-0.2, 0) is 11.2 Å². The minimum atomic E-state index is -0.680. The number of carbonyl (C=O) groups is 1. The minimum Gasteiger partial charge on any atom is -0.300 e. The van der Waals surface area contributed by atoms with Crippen molar-refractivity contribution >= 4 is 21.3 Å². The van der Waals surface area contributed by atoms with E-state index in [1.807, 2.05) is 30.3 Å². The van der Waals surface area contributed by atoms with Crippen molar-refractivity contribution in [3.8, 4) is 0 Å². The van der Waals surface area contributed by atoms with E-state index in [9.17, 15) is 4.79 Å². The van der Waals surface area contributed by atoms with Crippen LogP contribution in [0, 0.1) is 0 Å². The molecule has 1 aromatic carbocycles. The fraction of sp³-hybridized carbons (Fsp3) is 0.364. The summed E-state index contributed by atoms with van der Waals surface area (Å²) in [7, 11) is -0.680. The normalized spacial score (nSPS) is 10.2. The predicted molar refractivity (Wildman–Crippen MR) is 64.6 cm³/mol. The van der Waals surface area contributed by atoms with Gasteiger partial charge >= 0.3 is 0 Å². The first-order chi connectivity index (χ1) is 6.68. The zero-order valence-corrected chi connectivity index (χ0v) is 10.0. The molecule has 1 nitrogen and oxygen atoms in total. The molecule has 3 heteroatoms. The van der Waals surface area contributed by atoms with Crippen LogP contribution in [0.15, 0.2) is 30.3 Å². The van der Waals surface area contributed by atoms with Gasteiger partial charge in [-0.15, -0.1) is 0 Å². The molecule has 0 saturated heterocycles. The first-order valence-corrected chi connectivity index (χ1v) is 8.05. The Balaban J connectivity index is 2.35. The smallest absolute Gasteiger partial charge is 0.129 e. The molecule has 0 unspecified atom stereocenters. The van der Waals surface area contributed by atoms with Crippen molar-refractivity contribution in [2.75, 3.05) is 0 Å². The topological polar surface area (TPSA) is 17.1 Å². The quantitative estimate of drug-likeness (QED) is 0.668. The summed E-state index contributed by atoms with van der Waals surface area (Å²) in [6, 6.07) is 9.93. The van der Waals surface area contributed by atoms with Crippen LogP contribution in [0.3, 0.4) is 0 Å². The van der Waals surface area contributed by atoms with E-state index in [1.54, 1.807) is 0 Å². The molecule has 1 aromatic rings. The lowest BCUT2D eigenvalue weighted by Gasteiger charge is -2.01. The summed E-state index contributed by atoms with van der Waals surface area (Å²) in [6.45, 7) is 6.66. The highest BCUT2D eigenvalue weighted by atomic mass is 28.3. The van der Waals surface area contributed by atoms with Gasteiger partial charge < -0.3 is 4.79 Å². The van der Waals surface area contributed by atoms with Gasteiger partial charge in [0.2, 0.25) is 0 Å². The third-order valence-corrected chi connectivity index (χ3v) is 3.24. The van der Waals surface area contributed by atoms with Crippen molar-refractivity contribution in [3.05, 3.63) is 35.9 Å². The van der Waals surface area contributed by atoms with Gasteiger partial charge in [-0.1, -0.05) is 43.4 Å². The molecule has 0 aliphatic heterocycles. The lowest BCUT2D eigenvalue weighted by Crippen LogP contribution is -2.17. The van der Waals surface area contributed by atoms with Crippen LogP contribution >= 0.6 is 0 Å². The number of rotatable bonds is 5. The highest BCUT2D eigenvalue weighted by Crippen LogP contribution is 2.02. The summed E-state index contributed by atoms with van der Waals surface area (Å²) >= 11 is 0. The van der Waals surface area contributed by atoms with Crippen LogP contribution in [0.5, 0.6) is 0 Å². The summed E-state index contributed by atoms with van der Waals surface area (Å²) in [6.07, 6.45) is 1.23. The maximum Gasteiger partial charge on any atom is 0.129 e. The van der Waals surface area contributed by atoms with E-state index in [4.69, 9.17) is 0 Å². The molecular formula is C11H16BOSi. The number of hydrogen-bond donors (Lipinski definition) is 0. The van der Waals surface area contributed by atoms with Gasteiger partial charge in [0.15, 0.2) is 0 Å². The number of ketones is 1. The predicted octanol–water partition coefficient (Wildman–Crippen LogP) is 1.90. The van der Waals surface area contributed by atoms with Gasteiger partial charge in [-0.2, -0.15) is 0 Å². The van der Waals surface area contributed by atoms with Crippen molar-refractivity contribution in [2.45, 2.75) is 25.8 Å².